The number of aryl methyl sites for hydroxylation is 1. The molecular formula is C18H21N5O4. The summed E-state index contributed by atoms with van der Waals surface area (Å²) in [7, 11) is 0. The van der Waals surface area contributed by atoms with Gasteiger partial charge in [-0.15, -0.1) is 0 Å². The molecule has 0 amide bonds. The van der Waals surface area contributed by atoms with Gasteiger partial charge in [-0.25, -0.2) is 4.98 Å². The van der Waals surface area contributed by atoms with Crippen LogP contribution in [0.15, 0.2) is 28.9 Å². The summed E-state index contributed by atoms with van der Waals surface area (Å²) in [4.78, 5) is 12.6. The molecule has 0 radical (unpaired) electrons. The standard InChI is InChI=1S/C18H21N5O4/c1-8-14(12-5-9-2-3-20-6-13(9)27-12)17(23-18(19)21-8)22-11-4-10(7-24)15(25)16(11)26/h2-3,5-6,10-11,15-16,24-26H,4,7H2,1H3,(H3,19,21,22,23). The fourth-order valence-electron chi connectivity index (χ4n) is 3.63. The van der Waals surface area contributed by atoms with Crippen molar-refractivity contribution >= 4 is 22.7 Å². The van der Waals surface area contributed by atoms with E-state index in [4.69, 9.17) is 10.2 Å². The number of anilines is 2. The van der Waals surface area contributed by atoms with Crippen molar-refractivity contribution in [3.05, 3.63) is 30.2 Å². The predicted octanol–water partition coefficient (Wildman–Crippen LogP) is 0.690. The summed E-state index contributed by atoms with van der Waals surface area (Å²) in [6.07, 6.45) is 1.66. The van der Waals surface area contributed by atoms with Gasteiger partial charge in [-0.3, -0.25) is 4.98 Å². The van der Waals surface area contributed by atoms with Crippen LogP contribution in [0.5, 0.6) is 0 Å². The molecule has 4 atom stereocenters. The number of aliphatic hydroxyl groups excluding tert-OH is 3. The number of nitrogens with two attached hydrogens (primary N) is 1. The molecule has 1 fully saturated rings. The Morgan fingerprint density at radius 1 is 1.30 bits per heavy atom. The van der Waals surface area contributed by atoms with E-state index in [9.17, 15) is 15.3 Å². The van der Waals surface area contributed by atoms with Crippen LogP contribution < -0.4 is 11.1 Å². The summed E-state index contributed by atoms with van der Waals surface area (Å²) in [6, 6.07) is 3.21. The van der Waals surface area contributed by atoms with Gasteiger partial charge >= 0.3 is 0 Å². The molecule has 1 saturated carbocycles. The van der Waals surface area contributed by atoms with Gasteiger partial charge < -0.3 is 30.8 Å². The number of furan rings is 1. The van der Waals surface area contributed by atoms with E-state index in [0.29, 0.717) is 34.8 Å². The summed E-state index contributed by atoms with van der Waals surface area (Å²) in [5.41, 5.74) is 7.68. The lowest BCUT2D eigenvalue weighted by Crippen LogP contribution is -2.35. The topological polar surface area (TPSA) is 151 Å². The van der Waals surface area contributed by atoms with Crippen molar-refractivity contribution in [1.29, 1.82) is 0 Å². The quantitative estimate of drug-likeness (QED) is 0.446. The minimum Gasteiger partial charge on any atom is -0.454 e. The first-order valence-corrected chi connectivity index (χ1v) is 8.69. The second-order valence-electron chi connectivity index (χ2n) is 6.83. The Balaban J connectivity index is 1.75. The van der Waals surface area contributed by atoms with E-state index < -0.39 is 24.2 Å². The molecule has 9 heteroatoms. The minimum atomic E-state index is -1.04. The van der Waals surface area contributed by atoms with Gasteiger partial charge in [0.15, 0.2) is 5.58 Å². The van der Waals surface area contributed by atoms with E-state index in [1.54, 1.807) is 19.3 Å². The highest BCUT2D eigenvalue weighted by Gasteiger charge is 2.41. The van der Waals surface area contributed by atoms with Crippen molar-refractivity contribution in [3.8, 4) is 11.3 Å². The highest BCUT2D eigenvalue weighted by molar-refractivity contribution is 5.85. The molecule has 27 heavy (non-hydrogen) atoms. The van der Waals surface area contributed by atoms with Gasteiger partial charge in [0.1, 0.15) is 17.7 Å². The number of nitrogens with one attached hydrogen (secondary N) is 1. The number of hydrogen-bond acceptors (Lipinski definition) is 9. The Labute approximate surface area is 154 Å². The Hall–Kier alpha value is -2.75. The maximum absolute atomic E-state index is 10.3. The fourth-order valence-corrected chi connectivity index (χ4v) is 3.63. The van der Waals surface area contributed by atoms with Gasteiger partial charge in [-0.2, -0.15) is 4.98 Å². The van der Waals surface area contributed by atoms with Gasteiger partial charge in [0.2, 0.25) is 5.95 Å². The van der Waals surface area contributed by atoms with E-state index in [-0.39, 0.29) is 12.6 Å². The number of aromatic nitrogens is 3. The number of rotatable bonds is 4. The maximum Gasteiger partial charge on any atom is 0.222 e. The summed E-state index contributed by atoms with van der Waals surface area (Å²) in [6.45, 7) is 1.59. The highest BCUT2D eigenvalue weighted by atomic mass is 16.3. The summed E-state index contributed by atoms with van der Waals surface area (Å²) in [5, 5.41) is 33.8. The zero-order valence-corrected chi connectivity index (χ0v) is 14.7. The molecule has 3 heterocycles. The van der Waals surface area contributed by atoms with Crippen molar-refractivity contribution in [2.24, 2.45) is 5.92 Å². The lowest BCUT2D eigenvalue weighted by atomic mass is 10.1. The fraction of sp³-hybridized carbons (Fsp3) is 0.389. The molecule has 3 aromatic rings. The van der Waals surface area contributed by atoms with Crippen molar-refractivity contribution in [1.82, 2.24) is 15.0 Å². The second-order valence-corrected chi connectivity index (χ2v) is 6.83. The average Bonchev–Trinajstić information content (AvgIpc) is 3.17. The largest absolute Gasteiger partial charge is 0.454 e. The molecule has 4 rings (SSSR count). The van der Waals surface area contributed by atoms with Crippen molar-refractivity contribution < 1.29 is 19.7 Å². The lowest BCUT2D eigenvalue weighted by Gasteiger charge is -2.20. The van der Waals surface area contributed by atoms with E-state index in [2.05, 4.69) is 20.3 Å². The molecule has 4 unspecified atom stereocenters. The van der Waals surface area contributed by atoms with Gasteiger partial charge in [0, 0.05) is 24.1 Å². The Morgan fingerprint density at radius 2 is 2.11 bits per heavy atom. The molecule has 0 bridgehead atoms. The molecule has 6 N–H and O–H groups in total. The number of pyridine rings is 1. The predicted molar refractivity (Wildman–Crippen MR) is 98.8 cm³/mol. The third-order valence-electron chi connectivity index (χ3n) is 5.04. The van der Waals surface area contributed by atoms with Crippen LogP contribution in [-0.4, -0.2) is 55.1 Å². The zero-order chi connectivity index (χ0) is 19.1. The summed E-state index contributed by atoms with van der Waals surface area (Å²) in [5.74, 6) is 0.633. The lowest BCUT2D eigenvalue weighted by molar-refractivity contribution is 0.00446. The maximum atomic E-state index is 10.3. The first-order chi connectivity index (χ1) is 13.0. The SMILES string of the molecule is Cc1nc(N)nc(NC2CC(CO)C(O)C2O)c1-c1cc2ccncc2o1. The van der Waals surface area contributed by atoms with Crippen LogP contribution in [0.1, 0.15) is 12.1 Å². The molecule has 1 aliphatic rings. The first kappa shape index (κ1) is 17.7. The number of nitrogens with zero attached hydrogens (tertiary/aromatic N) is 3. The van der Waals surface area contributed by atoms with Crippen LogP contribution in [0.25, 0.3) is 22.3 Å². The van der Waals surface area contributed by atoms with Crippen molar-refractivity contribution in [2.75, 3.05) is 17.7 Å². The molecule has 142 valence electrons. The Kier molecular flexibility index (Phi) is 4.42. The van der Waals surface area contributed by atoms with Gasteiger partial charge in [-0.05, 0) is 25.5 Å². The van der Waals surface area contributed by atoms with Crippen molar-refractivity contribution in [2.45, 2.75) is 31.6 Å². The van der Waals surface area contributed by atoms with Crippen molar-refractivity contribution in [3.63, 3.8) is 0 Å². The normalized spacial score (nSPS) is 25.2. The average molecular weight is 371 g/mol. The zero-order valence-electron chi connectivity index (χ0n) is 14.7. The summed E-state index contributed by atoms with van der Waals surface area (Å²) < 4.78 is 5.89. The molecular weight excluding hydrogens is 350 g/mol. The first-order valence-electron chi connectivity index (χ1n) is 8.69. The van der Waals surface area contributed by atoms with Crippen LogP contribution in [-0.2, 0) is 0 Å². The highest BCUT2D eigenvalue weighted by Crippen LogP contribution is 2.36. The van der Waals surface area contributed by atoms with E-state index in [1.807, 2.05) is 12.1 Å². The number of hydrogen-bond donors (Lipinski definition) is 5. The van der Waals surface area contributed by atoms with E-state index >= 15 is 0 Å². The van der Waals surface area contributed by atoms with Crippen LogP contribution >= 0.6 is 0 Å². The van der Waals surface area contributed by atoms with Crippen LogP contribution in [0.2, 0.25) is 0 Å². The van der Waals surface area contributed by atoms with Crippen LogP contribution in [0.4, 0.5) is 11.8 Å². The molecule has 3 aromatic heterocycles. The number of fused-ring (bicyclic) bond motifs is 1. The second kappa shape index (κ2) is 6.76. The Morgan fingerprint density at radius 3 is 2.81 bits per heavy atom. The van der Waals surface area contributed by atoms with E-state index in [1.165, 1.54) is 0 Å². The third-order valence-corrected chi connectivity index (χ3v) is 5.04. The third kappa shape index (κ3) is 3.09. The number of nitrogen functional groups attached to an aromatic ring is 1. The molecule has 0 aliphatic heterocycles. The smallest absolute Gasteiger partial charge is 0.222 e. The summed E-state index contributed by atoms with van der Waals surface area (Å²) >= 11 is 0. The van der Waals surface area contributed by atoms with Gasteiger partial charge in [0.05, 0.1) is 29.6 Å². The minimum absolute atomic E-state index is 0.0864. The molecule has 0 spiro atoms. The van der Waals surface area contributed by atoms with Gasteiger partial charge in [-0.1, -0.05) is 0 Å². The monoisotopic (exact) mass is 371 g/mol. The molecule has 0 saturated heterocycles. The Bertz CT molecular complexity index is 943. The van der Waals surface area contributed by atoms with Gasteiger partial charge in [0.25, 0.3) is 0 Å². The molecule has 1 aliphatic carbocycles. The van der Waals surface area contributed by atoms with Crippen LogP contribution in [0, 0.1) is 12.8 Å². The molecule has 0 aromatic carbocycles. The van der Waals surface area contributed by atoms with Crippen LogP contribution in [0.3, 0.4) is 0 Å². The van der Waals surface area contributed by atoms with E-state index in [0.717, 1.165) is 5.39 Å². The number of aliphatic hydroxyl groups is 3. The molecule has 9 nitrogen and oxygen atoms in total.